The number of hydrogen-bond donors (Lipinski definition) is 1. The first-order valence-corrected chi connectivity index (χ1v) is 7.58. The summed E-state index contributed by atoms with van der Waals surface area (Å²) in [5.41, 5.74) is 1.39. The van der Waals surface area contributed by atoms with Gasteiger partial charge in [0.1, 0.15) is 0 Å². The van der Waals surface area contributed by atoms with E-state index in [2.05, 4.69) is 30.5 Å². The third-order valence-electron chi connectivity index (χ3n) is 4.09. The summed E-state index contributed by atoms with van der Waals surface area (Å²) in [5.74, 6) is 0.876. The van der Waals surface area contributed by atoms with Crippen molar-refractivity contribution in [2.45, 2.75) is 65.0 Å². The van der Waals surface area contributed by atoms with Crippen molar-refractivity contribution in [1.82, 2.24) is 15.1 Å². The summed E-state index contributed by atoms with van der Waals surface area (Å²) in [6.45, 7) is 6.49. The molecule has 1 aromatic rings. The van der Waals surface area contributed by atoms with Gasteiger partial charge >= 0.3 is 0 Å². The highest BCUT2D eigenvalue weighted by molar-refractivity contribution is 5.07. The van der Waals surface area contributed by atoms with Gasteiger partial charge in [-0.2, -0.15) is 5.10 Å². The van der Waals surface area contributed by atoms with Crippen LogP contribution in [-0.2, 0) is 13.0 Å². The Morgan fingerprint density at radius 2 is 2.17 bits per heavy atom. The van der Waals surface area contributed by atoms with E-state index in [0.29, 0.717) is 6.04 Å². The molecule has 1 atom stereocenters. The van der Waals surface area contributed by atoms with E-state index in [1.165, 1.54) is 37.7 Å². The lowest BCUT2D eigenvalue weighted by molar-refractivity contribution is 0.356. The van der Waals surface area contributed by atoms with Gasteiger partial charge in [-0.3, -0.25) is 4.68 Å². The maximum atomic E-state index is 4.38. The van der Waals surface area contributed by atoms with Crippen molar-refractivity contribution in [2.24, 2.45) is 5.92 Å². The fourth-order valence-corrected chi connectivity index (χ4v) is 3.03. The van der Waals surface area contributed by atoms with Gasteiger partial charge < -0.3 is 5.32 Å². The van der Waals surface area contributed by atoms with E-state index in [1.807, 2.05) is 10.9 Å². The van der Waals surface area contributed by atoms with E-state index < -0.39 is 0 Å². The molecule has 102 valence electrons. The van der Waals surface area contributed by atoms with E-state index in [0.717, 1.165) is 25.4 Å². The summed E-state index contributed by atoms with van der Waals surface area (Å²) in [5, 5.41) is 8.13. The van der Waals surface area contributed by atoms with Crippen LogP contribution in [0.3, 0.4) is 0 Å². The molecule has 1 aliphatic carbocycles. The molecule has 0 spiro atoms. The predicted octanol–water partition coefficient (Wildman–Crippen LogP) is 3.00. The van der Waals surface area contributed by atoms with Gasteiger partial charge in [0.15, 0.2) is 0 Å². The molecule has 18 heavy (non-hydrogen) atoms. The fraction of sp³-hybridized carbons (Fsp3) is 0.800. The van der Waals surface area contributed by atoms with Crippen LogP contribution in [0.4, 0.5) is 0 Å². The number of hydrogen-bond acceptors (Lipinski definition) is 2. The van der Waals surface area contributed by atoms with Crippen molar-refractivity contribution >= 4 is 0 Å². The lowest BCUT2D eigenvalue weighted by atomic mass is 9.93. The Bertz CT molecular complexity index is 339. The Kier molecular flexibility index (Phi) is 5.24. The lowest BCUT2D eigenvalue weighted by Gasteiger charge is -2.24. The van der Waals surface area contributed by atoms with E-state index in [9.17, 15) is 0 Å². The average Bonchev–Trinajstić information content (AvgIpc) is 3.05. The molecule has 3 heteroatoms. The summed E-state index contributed by atoms with van der Waals surface area (Å²) in [6, 6.07) is 0.655. The van der Waals surface area contributed by atoms with E-state index in [1.54, 1.807) is 0 Å². The average molecular weight is 249 g/mol. The fourth-order valence-electron chi connectivity index (χ4n) is 3.03. The summed E-state index contributed by atoms with van der Waals surface area (Å²) in [4.78, 5) is 0. The van der Waals surface area contributed by atoms with Crippen molar-refractivity contribution in [3.8, 4) is 0 Å². The molecule has 0 aliphatic heterocycles. The standard InChI is InChI=1S/C15H27N3/c1-3-9-16-15(14-7-5-6-8-14)10-13-11-17-18(4-2)12-13/h11-12,14-16H,3-10H2,1-2H3. The molecule has 1 heterocycles. The zero-order valence-corrected chi connectivity index (χ0v) is 11.9. The highest BCUT2D eigenvalue weighted by Gasteiger charge is 2.24. The number of aryl methyl sites for hydroxylation is 1. The van der Waals surface area contributed by atoms with Crippen LogP contribution in [0.2, 0.25) is 0 Å². The summed E-state index contributed by atoms with van der Waals surface area (Å²) < 4.78 is 2.03. The minimum absolute atomic E-state index is 0.655. The topological polar surface area (TPSA) is 29.9 Å². The predicted molar refractivity (Wildman–Crippen MR) is 75.6 cm³/mol. The van der Waals surface area contributed by atoms with Gasteiger partial charge in [-0.05, 0) is 50.6 Å². The zero-order valence-electron chi connectivity index (χ0n) is 11.9. The monoisotopic (exact) mass is 249 g/mol. The summed E-state index contributed by atoms with van der Waals surface area (Å²) in [6.07, 6.45) is 12.3. The second-order valence-corrected chi connectivity index (χ2v) is 5.51. The zero-order chi connectivity index (χ0) is 12.8. The molecule has 3 nitrogen and oxygen atoms in total. The first-order valence-electron chi connectivity index (χ1n) is 7.58. The third kappa shape index (κ3) is 3.58. The lowest BCUT2D eigenvalue weighted by Crippen LogP contribution is -2.37. The normalized spacial score (nSPS) is 18.3. The quantitative estimate of drug-likeness (QED) is 0.805. The van der Waals surface area contributed by atoms with Gasteiger partial charge in [0.2, 0.25) is 0 Å². The van der Waals surface area contributed by atoms with E-state index in [-0.39, 0.29) is 0 Å². The first-order chi connectivity index (χ1) is 8.83. The van der Waals surface area contributed by atoms with Crippen molar-refractivity contribution < 1.29 is 0 Å². The minimum Gasteiger partial charge on any atom is -0.313 e. The molecular formula is C15H27N3. The van der Waals surface area contributed by atoms with Crippen LogP contribution < -0.4 is 5.32 Å². The third-order valence-corrected chi connectivity index (χ3v) is 4.09. The maximum Gasteiger partial charge on any atom is 0.0522 e. The Balaban J connectivity index is 1.94. The van der Waals surface area contributed by atoms with Crippen molar-refractivity contribution in [3.05, 3.63) is 18.0 Å². The molecule has 1 aliphatic rings. The van der Waals surface area contributed by atoms with Crippen LogP contribution in [-0.4, -0.2) is 22.4 Å². The highest BCUT2D eigenvalue weighted by atomic mass is 15.3. The van der Waals surface area contributed by atoms with E-state index in [4.69, 9.17) is 0 Å². The molecule has 1 fully saturated rings. The van der Waals surface area contributed by atoms with E-state index >= 15 is 0 Å². The molecule has 0 bridgehead atoms. The van der Waals surface area contributed by atoms with Crippen LogP contribution in [0, 0.1) is 5.92 Å². The van der Waals surface area contributed by atoms with Gasteiger partial charge in [-0.25, -0.2) is 0 Å². The molecule has 0 saturated heterocycles. The summed E-state index contributed by atoms with van der Waals surface area (Å²) in [7, 11) is 0. The van der Waals surface area contributed by atoms with Crippen LogP contribution in [0.1, 0.15) is 51.5 Å². The van der Waals surface area contributed by atoms with Gasteiger partial charge in [-0.15, -0.1) is 0 Å². The Hall–Kier alpha value is -0.830. The molecule has 0 amide bonds. The highest BCUT2D eigenvalue weighted by Crippen LogP contribution is 2.29. The Morgan fingerprint density at radius 3 is 2.78 bits per heavy atom. The summed E-state index contributed by atoms with van der Waals surface area (Å²) >= 11 is 0. The van der Waals surface area contributed by atoms with Crippen molar-refractivity contribution in [2.75, 3.05) is 6.54 Å². The number of aromatic nitrogens is 2. The second-order valence-electron chi connectivity index (χ2n) is 5.51. The second kappa shape index (κ2) is 6.93. The van der Waals surface area contributed by atoms with Crippen molar-refractivity contribution in [3.63, 3.8) is 0 Å². The van der Waals surface area contributed by atoms with Crippen molar-refractivity contribution in [1.29, 1.82) is 0 Å². The van der Waals surface area contributed by atoms with Gasteiger partial charge in [0, 0.05) is 18.8 Å². The van der Waals surface area contributed by atoms with Gasteiger partial charge in [-0.1, -0.05) is 19.8 Å². The first kappa shape index (κ1) is 13.6. The number of nitrogens with zero attached hydrogens (tertiary/aromatic N) is 2. The molecule has 1 unspecified atom stereocenters. The van der Waals surface area contributed by atoms with Crippen LogP contribution >= 0.6 is 0 Å². The number of nitrogens with one attached hydrogen (secondary N) is 1. The molecule has 0 aromatic carbocycles. The minimum atomic E-state index is 0.655. The van der Waals surface area contributed by atoms with Crippen LogP contribution in [0.5, 0.6) is 0 Å². The largest absolute Gasteiger partial charge is 0.313 e. The van der Waals surface area contributed by atoms with Gasteiger partial charge in [0.25, 0.3) is 0 Å². The molecule has 1 N–H and O–H groups in total. The molecule has 2 rings (SSSR count). The molecule has 0 radical (unpaired) electrons. The molecular weight excluding hydrogens is 222 g/mol. The Morgan fingerprint density at radius 1 is 1.39 bits per heavy atom. The molecule has 1 saturated carbocycles. The van der Waals surface area contributed by atoms with Crippen LogP contribution in [0.15, 0.2) is 12.4 Å². The maximum absolute atomic E-state index is 4.38. The Labute approximate surface area is 111 Å². The molecule has 1 aromatic heterocycles. The SMILES string of the molecule is CCCNC(Cc1cnn(CC)c1)C1CCCC1. The number of rotatable bonds is 7. The smallest absolute Gasteiger partial charge is 0.0522 e. The van der Waals surface area contributed by atoms with Gasteiger partial charge in [0.05, 0.1) is 6.20 Å². The van der Waals surface area contributed by atoms with Crippen LogP contribution in [0.25, 0.3) is 0 Å².